The van der Waals surface area contributed by atoms with Crippen molar-refractivity contribution in [1.29, 1.82) is 0 Å². The number of benzene rings is 1. The molecule has 2 amide bonds. The summed E-state index contributed by atoms with van der Waals surface area (Å²) in [6.07, 6.45) is 8.56. The van der Waals surface area contributed by atoms with E-state index in [2.05, 4.69) is 16.7 Å². The van der Waals surface area contributed by atoms with Gasteiger partial charge in [-0.15, -0.1) is 0 Å². The molecule has 0 saturated heterocycles. The Morgan fingerprint density at radius 1 is 1.16 bits per heavy atom. The molecule has 136 valence electrons. The Kier molecular flexibility index (Phi) is 6.28. The molecule has 0 atom stereocenters. The van der Waals surface area contributed by atoms with Crippen LogP contribution in [0.25, 0.3) is 0 Å². The molecule has 1 aromatic carbocycles. The molecule has 0 aromatic heterocycles. The van der Waals surface area contributed by atoms with Crippen molar-refractivity contribution in [1.82, 2.24) is 10.6 Å². The van der Waals surface area contributed by atoms with Crippen LogP contribution in [0.4, 0.5) is 9.18 Å². The van der Waals surface area contributed by atoms with Gasteiger partial charge in [0, 0.05) is 18.7 Å². The quantitative estimate of drug-likeness (QED) is 0.775. The van der Waals surface area contributed by atoms with Gasteiger partial charge in [0.1, 0.15) is 11.6 Å². The third kappa shape index (κ3) is 5.19. The zero-order valence-corrected chi connectivity index (χ0v) is 14.4. The van der Waals surface area contributed by atoms with E-state index in [4.69, 9.17) is 9.47 Å². The van der Waals surface area contributed by atoms with Crippen molar-refractivity contribution in [3.8, 4) is 5.75 Å². The number of fused-ring (bicyclic) bond motifs is 1. The Morgan fingerprint density at radius 3 is 2.80 bits per heavy atom. The molecule has 25 heavy (non-hydrogen) atoms. The third-order valence-corrected chi connectivity index (χ3v) is 4.55. The molecular formula is C19H25FN2O3. The lowest BCUT2D eigenvalue weighted by Crippen LogP contribution is -2.37. The number of nitrogens with one attached hydrogen (secondary N) is 2. The SMILES string of the molecule is O=C(NCCC1=CCCCC1)NCCc1cc(F)cc2c1OCOC2. The van der Waals surface area contributed by atoms with E-state index in [1.165, 1.54) is 30.5 Å². The smallest absolute Gasteiger partial charge is 0.314 e. The Labute approximate surface area is 147 Å². The fraction of sp³-hybridized carbons (Fsp3) is 0.526. The standard InChI is InChI=1S/C19H25FN2O3/c20-17-10-15(18-16(11-17)12-24-13-25-18)7-9-22-19(23)21-8-6-14-4-2-1-3-5-14/h4,10-11H,1-3,5-9,12-13H2,(H2,21,22,23). The minimum Gasteiger partial charge on any atom is -0.467 e. The van der Waals surface area contributed by atoms with E-state index in [1.807, 2.05) is 0 Å². The average molecular weight is 348 g/mol. The van der Waals surface area contributed by atoms with E-state index in [1.54, 1.807) is 0 Å². The van der Waals surface area contributed by atoms with Crippen LogP contribution in [-0.4, -0.2) is 25.9 Å². The lowest BCUT2D eigenvalue weighted by atomic mass is 9.97. The van der Waals surface area contributed by atoms with Crippen LogP contribution in [0.3, 0.4) is 0 Å². The van der Waals surface area contributed by atoms with E-state index in [0.29, 0.717) is 37.4 Å². The summed E-state index contributed by atoms with van der Waals surface area (Å²) in [6, 6.07) is 2.70. The number of halogens is 1. The summed E-state index contributed by atoms with van der Waals surface area (Å²) in [6.45, 7) is 1.60. The molecule has 2 N–H and O–H groups in total. The Morgan fingerprint density at radius 2 is 2.00 bits per heavy atom. The number of urea groups is 1. The van der Waals surface area contributed by atoms with Crippen LogP contribution in [-0.2, 0) is 17.8 Å². The van der Waals surface area contributed by atoms with Gasteiger partial charge in [-0.3, -0.25) is 0 Å². The van der Waals surface area contributed by atoms with Gasteiger partial charge in [0.25, 0.3) is 0 Å². The van der Waals surface area contributed by atoms with Crippen LogP contribution in [0, 0.1) is 5.82 Å². The molecule has 0 saturated carbocycles. The maximum Gasteiger partial charge on any atom is 0.314 e. The van der Waals surface area contributed by atoms with Crippen molar-refractivity contribution in [2.24, 2.45) is 0 Å². The number of carbonyl (C=O) groups excluding carboxylic acids is 1. The fourth-order valence-corrected chi connectivity index (χ4v) is 3.28. The molecule has 0 fully saturated rings. The van der Waals surface area contributed by atoms with Crippen LogP contribution >= 0.6 is 0 Å². The molecular weight excluding hydrogens is 323 g/mol. The van der Waals surface area contributed by atoms with Crippen molar-refractivity contribution >= 4 is 6.03 Å². The van der Waals surface area contributed by atoms with Crippen LogP contribution < -0.4 is 15.4 Å². The molecule has 1 aliphatic heterocycles. The van der Waals surface area contributed by atoms with E-state index in [0.717, 1.165) is 24.8 Å². The van der Waals surface area contributed by atoms with Gasteiger partial charge in [0.2, 0.25) is 0 Å². The molecule has 2 aliphatic rings. The minimum atomic E-state index is -0.312. The van der Waals surface area contributed by atoms with E-state index >= 15 is 0 Å². The van der Waals surface area contributed by atoms with Crippen molar-refractivity contribution in [2.75, 3.05) is 19.9 Å². The summed E-state index contributed by atoms with van der Waals surface area (Å²) in [4.78, 5) is 11.9. The second kappa shape index (κ2) is 8.85. The number of hydrogen-bond acceptors (Lipinski definition) is 3. The largest absolute Gasteiger partial charge is 0.467 e. The lowest BCUT2D eigenvalue weighted by Gasteiger charge is -2.21. The number of carbonyl (C=O) groups is 1. The maximum atomic E-state index is 13.7. The van der Waals surface area contributed by atoms with Gasteiger partial charge in [-0.05, 0) is 56.2 Å². The van der Waals surface area contributed by atoms with E-state index in [-0.39, 0.29) is 18.6 Å². The highest BCUT2D eigenvalue weighted by Crippen LogP contribution is 2.29. The molecule has 1 heterocycles. The van der Waals surface area contributed by atoms with Crippen LogP contribution in [0.5, 0.6) is 5.75 Å². The van der Waals surface area contributed by atoms with Gasteiger partial charge in [0.15, 0.2) is 6.79 Å². The summed E-state index contributed by atoms with van der Waals surface area (Å²) in [5, 5.41) is 5.69. The van der Waals surface area contributed by atoms with Crippen molar-refractivity contribution in [3.05, 3.63) is 40.7 Å². The zero-order chi connectivity index (χ0) is 17.5. The van der Waals surface area contributed by atoms with Gasteiger partial charge in [0.05, 0.1) is 6.61 Å². The highest BCUT2D eigenvalue weighted by molar-refractivity contribution is 5.73. The first-order chi connectivity index (χ1) is 12.2. The summed E-state index contributed by atoms with van der Waals surface area (Å²) < 4.78 is 24.3. The molecule has 3 rings (SSSR count). The van der Waals surface area contributed by atoms with Crippen molar-refractivity contribution in [3.63, 3.8) is 0 Å². The normalized spacial score (nSPS) is 16.4. The number of amides is 2. The van der Waals surface area contributed by atoms with Gasteiger partial charge in [-0.1, -0.05) is 11.6 Å². The molecule has 6 heteroatoms. The molecule has 0 spiro atoms. The molecule has 1 aromatic rings. The average Bonchev–Trinajstić information content (AvgIpc) is 2.62. The van der Waals surface area contributed by atoms with Crippen LogP contribution in [0.2, 0.25) is 0 Å². The maximum absolute atomic E-state index is 13.7. The number of rotatable bonds is 6. The van der Waals surface area contributed by atoms with Crippen molar-refractivity contribution in [2.45, 2.75) is 45.1 Å². The topological polar surface area (TPSA) is 59.6 Å². The van der Waals surface area contributed by atoms with E-state index in [9.17, 15) is 9.18 Å². The summed E-state index contributed by atoms with van der Waals surface area (Å²) in [5.41, 5.74) is 2.91. The summed E-state index contributed by atoms with van der Waals surface area (Å²) >= 11 is 0. The van der Waals surface area contributed by atoms with Gasteiger partial charge < -0.3 is 20.1 Å². The highest BCUT2D eigenvalue weighted by atomic mass is 19.1. The van der Waals surface area contributed by atoms with Crippen molar-refractivity contribution < 1.29 is 18.7 Å². The molecule has 5 nitrogen and oxygen atoms in total. The first kappa shape index (κ1) is 17.7. The zero-order valence-electron chi connectivity index (χ0n) is 14.4. The summed E-state index contributed by atoms with van der Waals surface area (Å²) in [7, 11) is 0. The molecule has 1 aliphatic carbocycles. The number of hydrogen-bond donors (Lipinski definition) is 2. The number of allylic oxidation sites excluding steroid dienone is 1. The highest BCUT2D eigenvalue weighted by Gasteiger charge is 2.16. The van der Waals surface area contributed by atoms with Gasteiger partial charge in [-0.2, -0.15) is 0 Å². The third-order valence-electron chi connectivity index (χ3n) is 4.55. The fourth-order valence-electron chi connectivity index (χ4n) is 3.28. The van der Waals surface area contributed by atoms with Crippen LogP contribution in [0.1, 0.15) is 43.2 Å². The van der Waals surface area contributed by atoms with Gasteiger partial charge in [-0.25, -0.2) is 9.18 Å². The predicted octanol–water partition coefficient (Wildman–Crippen LogP) is 3.42. The first-order valence-corrected chi connectivity index (χ1v) is 8.94. The monoisotopic (exact) mass is 348 g/mol. The van der Waals surface area contributed by atoms with E-state index < -0.39 is 0 Å². The summed E-state index contributed by atoms with van der Waals surface area (Å²) in [5.74, 6) is 0.368. The molecule has 0 unspecified atom stereocenters. The predicted molar refractivity (Wildman–Crippen MR) is 93.0 cm³/mol. The second-order valence-corrected chi connectivity index (χ2v) is 6.45. The lowest BCUT2D eigenvalue weighted by molar-refractivity contribution is -0.0172. The number of ether oxygens (including phenoxy) is 2. The first-order valence-electron chi connectivity index (χ1n) is 8.94. The second-order valence-electron chi connectivity index (χ2n) is 6.45. The Hall–Kier alpha value is -2.08. The Balaban J connectivity index is 1.41. The molecule has 0 radical (unpaired) electrons. The Bertz CT molecular complexity index is 646. The van der Waals surface area contributed by atoms with Crippen LogP contribution in [0.15, 0.2) is 23.8 Å². The molecule has 0 bridgehead atoms. The van der Waals surface area contributed by atoms with Gasteiger partial charge >= 0.3 is 6.03 Å². The minimum absolute atomic E-state index is 0.176.